The van der Waals surface area contributed by atoms with Gasteiger partial charge in [-0.2, -0.15) is 0 Å². The fourth-order valence-electron chi connectivity index (χ4n) is 2.23. The smallest absolute Gasteiger partial charge is 0.356 e. The Hall–Kier alpha value is -1.46. The van der Waals surface area contributed by atoms with Crippen molar-refractivity contribution in [2.75, 3.05) is 27.2 Å². The molecule has 98 valence electrons. The molecule has 1 aromatic rings. The lowest BCUT2D eigenvalue weighted by Crippen LogP contribution is -2.29. The third kappa shape index (κ3) is 3.05. The van der Waals surface area contributed by atoms with E-state index in [1.165, 1.54) is 7.11 Å². The Kier molecular flexibility index (Phi) is 4.28. The van der Waals surface area contributed by atoms with Crippen molar-refractivity contribution in [1.29, 1.82) is 0 Å². The molecule has 0 aliphatic carbocycles. The minimum absolute atomic E-state index is 0.374. The van der Waals surface area contributed by atoms with Crippen LogP contribution in [0.4, 0.5) is 0 Å². The Morgan fingerprint density at radius 3 is 3.11 bits per heavy atom. The Morgan fingerprint density at radius 1 is 1.61 bits per heavy atom. The molecule has 1 fully saturated rings. The number of likely N-dealkylation sites (tertiary alicyclic amines) is 1. The summed E-state index contributed by atoms with van der Waals surface area (Å²) in [6, 6.07) is 6.03. The largest absolute Gasteiger partial charge is 0.464 e. The van der Waals surface area contributed by atoms with Gasteiger partial charge >= 0.3 is 5.97 Å². The first-order valence-corrected chi connectivity index (χ1v) is 6.17. The average Bonchev–Trinajstić information content (AvgIpc) is 2.86. The second kappa shape index (κ2) is 5.93. The van der Waals surface area contributed by atoms with Crippen molar-refractivity contribution in [3.8, 4) is 0 Å². The van der Waals surface area contributed by atoms with Gasteiger partial charge in [0, 0.05) is 25.7 Å². The fourth-order valence-corrected chi connectivity index (χ4v) is 2.23. The van der Waals surface area contributed by atoms with E-state index in [0.717, 1.165) is 31.7 Å². The first-order chi connectivity index (χ1) is 8.72. The van der Waals surface area contributed by atoms with Crippen LogP contribution in [0.25, 0.3) is 0 Å². The summed E-state index contributed by atoms with van der Waals surface area (Å²) in [4.78, 5) is 18.1. The van der Waals surface area contributed by atoms with Crippen molar-refractivity contribution in [2.24, 2.45) is 0 Å². The Bertz CT molecular complexity index is 422. The number of methoxy groups -OCH3 is 1. The van der Waals surface area contributed by atoms with E-state index in [1.54, 1.807) is 6.07 Å². The third-order valence-corrected chi connectivity index (χ3v) is 3.27. The van der Waals surface area contributed by atoms with Gasteiger partial charge in [-0.15, -0.1) is 0 Å². The van der Waals surface area contributed by atoms with E-state index in [9.17, 15) is 4.79 Å². The van der Waals surface area contributed by atoms with Crippen LogP contribution < -0.4 is 5.32 Å². The molecule has 5 heteroatoms. The van der Waals surface area contributed by atoms with Crippen molar-refractivity contribution in [1.82, 2.24) is 15.2 Å². The number of likely N-dealkylation sites (N-methyl/N-ethyl adjacent to an activating group) is 1. The van der Waals surface area contributed by atoms with Crippen LogP contribution in [0, 0.1) is 0 Å². The van der Waals surface area contributed by atoms with Crippen LogP contribution in [0.3, 0.4) is 0 Å². The maximum atomic E-state index is 11.4. The number of nitrogens with zero attached hydrogens (tertiary/aromatic N) is 2. The fraction of sp³-hybridized carbons (Fsp3) is 0.538. The summed E-state index contributed by atoms with van der Waals surface area (Å²) in [6.07, 6.45) is 1.16. The summed E-state index contributed by atoms with van der Waals surface area (Å²) in [5.41, 5.74) is 1.29. The minimum atomic E-state index is -0.383. The number of pyridine rings is 1. The molecule has 1 N–H and O–H groups in total. The number of ether oxygens (including phenoxy) is 1. The molecule has 0 radical (unpaired) electrons. The van der Waals surface area contributed by atoms with Crippen LogP contribution in [0.15, 0.2) is 18.2 Å². The molecule has 0 bridgehead atoms. The molecule has 1 aromatic heterocycles. The zero-order valence-electron chi connectivity index (χ0n) is 10.8. The molecule has 1 unspecified atom stereocenters. The van der Waals surface area contributed by atoms with Gasteiger partial charge in [-0.25, -0.2) is 9.78 Å². The molecular formula is C13H19N3O2. The molecule has 5 nitrogen and oxygen atoms in total. The van der Waals surface area contributed by atoms with E-state index in [-0.39, 0.29) is 5.97 Å². The summed E-state index contributed by atoms with van der Waals surface area (Å²) >= 11 is 0. The van der Waals surface area contributed by atoms with Crippen molar-refractivity contribution < 1.29 is 9.53 Å². The standard InChI is InChI=1S/C13H19N3O2/c1-14-10-6-7-16(8-10)9-11-4-3-5-12(15-11)13(17)18-2/h3-5,10,14H,6-9H2,1-2H3. The molecular weight excluding hydrogens is 230 g/mol. The topological polar surface area (TPSA) is 54.5 Å². The molecule has 2 heterocycles. The van der Waals surface area contributed by atoms with E-state index in [1.807, 2.05) is 19.2 Å². The zero-order chi connectivity index (χ0) is 13.0. The van der Waals surface area contributed by atoms with Crippen LogP contribution in [-0.4, -0.2) is 49.1 Å². The summed E-state index contributed by atoms with van der Waals surface area (Å²) < 4.78 is 4.67. The maximum Gasteiger partial charge on any atom is 0.356 e. The van der Waals surface area contributed by atoms with Crippen LogP contribution in [0.2, 0.25) is 0 Å². The molecule has 18 heavy (non-hydrogen) atoms. The van der Waals surface area contributed by atoms with Gasteiger partial charge in [0.15, 0.2) is 0 Å². The summed E-state index contributed by atoms with van der Waals surface area (Å²) in [6.45, 7) is 2.87. The quantitative estimate of drug-likeness (QED) is 0.795. The highest BCUT2D eigenvalue weighted by Gasteiger charge is 2.21. The number of esters is 1. The van der Waals surface area contributed by atoms with E-state index in [4.69, 9.17) is 0 Å². The second-order valence-electron chi connectivity index (χ2n) is 4.52. The van der Waals surface area contributed by atoms with Gasteiger partial charge in [0.1, 0.15) is 5.69 Å². The number of nitrogens with one attached hydrogen (secondary N) is 1. The number of hydrogen-bond donors (Lipinski definition) is 1. The normalized spacial score (nSPS) is 20.0. The van der Waals surface area contributed by atoms with Gasteiger partial charge in [0.2, 0.25) is 0 Å². The van der Waals surface area contributed by atoms with Gasteiger partial charge in [-0.1, -0.05) is 6.07 Å². The van der Waals surface area contributed by atoms with Gasteiger partial charge in [0.05, 0.1) is 12.8 Å². The van der Waals surface area contributed by atoms with E-state index in [2.05, 4.69) is 19.9 Å². The monoisotopic (exact) mass is 249 g/mol. The van der Waals surface area contributed by atoms with Crippen molar-refractivity contribution in [2.45, 2.75) is 19.0 Å². The highest BCUT2D eigenvalue weighted by molar-refractivity contribution is 5.87. The number of aromatic nitrogens is 1. The van der Waals surface area contributed by atoms with Gasteiger partial charge < -0.3 is 10.1 Å². The minimum Gasteiger partial charge on any atom is -0.464 e. The molecule has 1 aliphatic heterocycles. The van der Waals surface area contributed by atoms with Crippen LogP contribution in [0.5, 0.6) is 0 Å². The Morgan fingerprint density at radius 2 is 2.44 bits per heavy atom. The first kappa shape index (κ1) is 13.0. The predicted octanol–water partition coefficient (Wildman–Crippen LogP) is 0.662. The Balaban J connectivity index is 1.99. The van der Waals surface area contributed by atoms with Crippen LogP contribution in [-0.2, 0) is 11.3 Å². The summed E-state index contributed by atoms with van der Waals surface area (Å²) in [7, 11) is 3.36. The highest BCUT2D eigenvalue weighted by atomic mass is 16.5. The van der Waals surface area contributed by atoms with Crippen molar-refractivity contribution in [3.05, 3.63) is 29.6 Å². The number of hydrogen-bond acceptors (Lipinski definition) is 5. The van der Waals surface area contributed by atoms with E-state index < -0.39 is 0 Å². The lowest BCUT2D eigenvalue weighted by atomic mass is 10.3. The summed E-state index contributed by atoms with van der Waals surface area (Å²) in [5, 5.41) is 3.28. The van der Waals surface area contributed by atoms with E-state index in [0.29, 0.717) is 11.7 Å². The molecule has 0 amide bonds. The molecule has 1 atom stereocenters. The molecule has 1 saturated heterocycles. The van der Waals surface area contributed by atoms with Crippen molar-refractivity contribution >= 4 is 5.97 Å². The van der Waals surface area contributed by atoms with Gasteiger partial charge in [-0.05, 0) is 25.6 Å². The molecule has 0 aromatic carbocycles. The SMILES string of the molecule is CNC1CCN(Cc2cccc(C(=O)OC)n2)C1. The summed E-state index contributed by atoms with van der Waals surface area (Å²) in [5.74, 6) is -0.383. The lowest BCUT2D eigenvalue weighted by Gasteiger charge is -2.15. The Labute approximate surface area is 107 Å². The van der Waals surface area contributed by atoms with Crippen molar-refractivity contribution in [3.63, 3.8) is 0 Å². The highest BCUT2D eigenvalue weighted by Crippen LogP contribution is 2.12. The lowest BCUT2D eigenvalue weighted by molar-refractivity contribution is 0.0593. The average molecular weight is 249 g/mol. The maximum absolute atomic E-state index is 11.4. The van der Waals surface area contributed by atoms with Crippen LogP contribution in [0.1, 0.15) is 22.6 Å². The third-order valence-electron chi connectivity index (χ3n) is 3.27. The molecule has 2 rings (SSSR count). The molecule has 0 saturated carbocycles. The number of carbonyl (C=O) groups excluding carboxylic acids is 1. The molecule has 0 spiro atoms. The predicted molar refractivity (Wildman–Crippen MR) is 68.3 cm³/mol. The number of carbonyl (C=O) groups is 1. The van der Waals surface area contributed by atoms with Gasteiger partial charge in [-0.3, -0.25) is 4.90 Å². The first-order valence-electron chi connectivity index (χ1n) is 6.17. The second-order valence-corrected chi connectivity index (χ2v) is 4.52. The molecule has 1 aliphatic rings. The van der Waals surface area contributed by atoms with E-state index >= 15 is 0 Å². The van der Waals surface area contributed by atoms with Crippen LogP contribution >= 0.6 is 0 Å². The number of rotatable bonds is 4. The zero-order valence-corrected chi connectivity index (χ0v) is 10.8. The van der Waals surface area contributed by atoms with Gasteiger partial charge in [0.25, 0.3) is 0 Å².